The first kappa shape index (κ1) is 36.7. The molecule has 15 rings (SSSR count). The fourth-order valence-corrected chi connectivity index (χ4v) is 12.9. The molecule has 0 aliphatic heterocycles. The van der Waals surface area contributed by atoms with Crippen LogP contribution in [0.1, 0.15) is 22.3 Å². The van der Waals surface area contributed by atoms with Crippen LogP contribution in [-0.4, -0.2) is 0 Å². The van der Waals surface area contributed by atoms with Crippen molar-refractivity contribution < 1.29 is 0 Å². The van der Waals surface area contributed by atoms with Crippen molar-refractivity contribution in [2.24, 2.45) is 0 Å². The quantitative estimate of drug-likeness (QED) is 0.123. The van der Waals surface area contributed by atoms with E-state index in [-0.39, 0.29) is 0 Å². The zero-order valence-electron chi connectivity index (χ0n) is 36.6. The number of benzene rings is 13. The maximum absolute atomic E-state index is 2.60. The predicted octanol–water partition coefficient (Wildman–Crippen LogP) is 18.0. The van der Waals surface area contributed by atoms with Gasteiger partial charge < -0.3 is 0 Å². The van der Waals surface area contributed by atoms with Gasteiger partial charge in [-0.25, -0.2) is 0 Å². The molecule has 308 valence electrons. The minimum Gasteiger partial charge on any atom is -0.0619 e. The Kier molecular flexibility index (Phi) is 7.52. The topological polar surface area (TPSA) is 0 Å². The molecule has 0 heteroatoms. The summed E-state index contributed by atoms with van der Waals surface area (Å²) in [5, 5.41) is 15.3. The molecule has 2 aliphatic carbocycles. The first-order valence-electron chi connectivity index (χ1n) is 23.5. The first-order chi connectivity index (χ1) is 33.3. The van der Waals surface area contributed by atoms with E-state index in [9.17, 15) is 0 Å². The number of rotatable bonds is 3. The summed E-state index contributed by atoms with van der Waals surface area (Å²) in [4.78, 5) is 0. The van der Waals surface area contributed by atoms with E-state index in [2.05, 4.69) is 243 Å². The van der Waals surface area contributed by atoms with Gasteiger partial charge in [0.2, 0.25) is 0 Å². The minimum atomic E-state index is -0.539. The van der Waals surface area contributed by atoms with Crippen molar-refractivity contribution in [2.75, 3.05) is 0 Å². The second kappa shape index (κ2) is 13.7. The lowest BCUT2D eigenvalue weighted by Gasteiger charge is -2.33. The summed E-state index contributed by atoms with van der Waals surface area (Å²) in [5.74, 6) is 0. The molecule has 0 amide bonds. The maximum Gasteiger partial charge on any atom is 0.0737 e. The molecule has 0 fully saturated rings. The van der Waals surface area contributed by atoms with Gasteiger partial charge >= 0.3 is 0 Å². The summed E-state index contributed by atoms with van der Waals surface area (Å²) in [6.45, 7) is 0. The van der Waals surface area contributed by atoms with Crippen molar-refractivity contribution in [1.82, 2.24) is 0 Å². The highest BCUT2D eigenvalue weighted by atomic mass is 14.5. The van der Waals surface area contributed by atoms with E-state index in [0.29, 0.717) is 0 Å². The molecular weight excluding hydrogens is 805 g/mol. The van der Waals surface area contributed by atoms with E-state index >= 15 is 0 Å². The van der Waals surface area contributed by atoms with Gasteiger partial charge in [0, 0.05) is 0 Å². The zero-order chi connectivity index (χ0) is 43.8. The molecule has 0 bridgehead atoms. The van der Waals surface area contributed by atoms with Crippen LogP contribution in [0.15, 0.2) is 243 Å². The monoisotopic (exact) mass is 844 g/mol. The average Bonchev–Trinajstić information content (AvgIpc) is 3.88. The summed E-state index contributed by atoms with van der Waals surface area (Å²) < 4.78 is 0. The molecule has 13 aromatic carbocycles. The van der Waals surface area contributed by atoms with Crippen LogP contribution in [0.4, 0.5) is 0 Å². The fourth-order valence-electron chi connectivity index (χ4n) is 12.9. The van der Waals surface area contributed by atoms with E-state index in [1.165, 1.54) is 143 Å². The van der Waals surface area contributed by atoms with Crippen molar-refractivity contribution >= 4 is 64.6 Å². The summed E-state index contributed by atoms with van der Waals surface area (Å²) in [5.41, 5.74) is 17.8. The second-order valence-electron chi connectivity index (χ2n) is 18.5. The summed E-state index contributed by atoms with van der Waals surface area (Å²) in [7, 11) is 0. The third-order valence-corrected chi connectivity index (χ3v) is 15.4. The van der Waals surface area contributed by atoms with Crippen LogP contribution in [0.5, 0.6) is 0 Å². The Morgan fingerprint density at radius 2 is 0.627 bits per heavy atom. The smallest absolute Gasteiger partial charge is 0.0619 e. The van der Waals surface area contributed by atoms with Crippen molar-refractivity contribution in [3.05, 3.63) is 265 Å². The minimum absolute atomic E-state index is 0.539. The maximum atomic E-state index is 2.60. The number of hydrogen-bond acceptors (Lipinski definition) is 0. The van der Waals surface area contributed by atoms with Gasteiger partial charge in [0.05, 0.1) is 5.41 Å². The number of hydrogen-bond donors (Lipinski definition) is 0. The molecule has 0 radical (unpaired) electrons. The van der Waals surface area contributed by atoms with Crippen LogP contribution in [-0.2, 0) is 5.41 Å². The van der Waals surface area contributed by atoms with E-state index in [1.807, 2.05) is 0 Å². The number of fused-ring (bicyclic) bond motifs is 20. The van der Waals surface area contributed by atoms with E-state index in [1.54, 1.807) is 0 Å². The molecule has 0 saturated heterocycles. The van der Waals surface area contributed by atoms with Crippen LogP contribution in [0, 0.1) is 0 Å². The largest absolute Gasteiger partial charge is 0.0737 e. The fraction of sp³-hybridized carbons (Fsp3) is 0.0149. The molecule has 0 unspecified atom stereocenters. The highest BCUT2D eigenvalue weighted by Crippen LogP contribution is 2.67. The van der Waals surface area contributed by atoms with Crippen molar-refractivity contribution in [2.45, 2.75) is 5.41 Å². The van der Waals surface area contributed by atoms with Crippen molar-refractivity contribution in [3.8, 4) is 55.6 Å². The van der Waals surface area contributed by atoms with Gasteiger partial charge in [0.25, 0.3) is 0 Å². The van der Waals surface area contributed by atoms with Gasteiger partial charge in [-0.15, -0.1) is 0 Å². The Hall–Kier alpha value is -8.58. The summed E-state index contributed by atoms with van der Waals surface area (Å²) in [6, 6.07) is 91.5. The highest BCUT2D eigenvalue weighted by Gasteiger charge is 2.54. The molecule has 0 aromatic heterocycles. The lowest BCUT2D eigenvalue weighted by molar-refractivity contribution is 0.809. The molecule has 0 N–H and O–H groups in total. The molecule has 67 heavy (non-hydrogen) atoms. The van der Waals surface area contributed by atoms with Gasteiger partial charge in [-0.3, -0.25) is 0 Å². The normalized spacial score (nSPS) is 13.2. The molecule has 0 saturated carbocycles. The second-order valence-corrected chi connectivity index (χ2v) is 18.5. The highest BCUT2D eigenvalue weighted by molar-refractivity contribution is 6.27. The van der Waals surface area contributed by atoms with Crippen LogP contribution in [0.3, 0.4) is 0 Å². The van der Waals surface area contributed by atoms with Crippen molar-refractivity contribution in [1.29, 1.82) is 0 Å². The van der Waals surface area contributed by atoms with Crippen molar-refractivity contribution in [3.63, 3.8) is 0 Å². The first-order valence-corrected chi connectivity index (χ1v) is 23.5. The van der Waals surface area contributed by atoms with Crippen LogP contribution in [0.25, 0.3) is 120 Å². The Morgan fingerprint density at radius 3 is 1.27 bits per heavy atom. The Labute approximate surface area is 388 Å². The zero-order valence-corrected chi connectivity index (χ0v) is 36.6. The van der Waals surface area contributed by atoms with Gasteiger partial charge in [-0.2, -0.15) is 0 Å². The molecular formula is C67H40. The molecule has 2 aliphatic rings. The third kappa shape index (κ3) is 4.81. The standard InChI is InChI=1S/C67H40/c1-2-23-44-41(19-1)20-18-36-45(44)42-21-17-22-43(39-42)62-52-30-7-9-32-54(52)63(55-33-10-8-31-53(55)62)58-40-59-64-51-29-6-3-24-46(51)47-25-4-12-35-57(47)66(64)67(65(59)56-34-11-5-26-48(56)58)60-37-15-13-27-49(60)50-28-14-16-38-61(50)67/h1-40H. The predicted molar refractivity (Wildman–Crippen MR) is 284 cm³/mol. The molecule has 0 nitrogen and oxygen atoms in total. The summed E-state index contributed by atoms with van der Waals surface area (Å²) >= 11 is 0. The lowest BCUT2D eigenvalue weighted by Crippen LogP contribution is -2.26. The average molecular weight is 845 g/mol. The van der Waals surface area contributed by atoms with Gasteiger partial charge in [-0.1, -0.05) is 231 Å². The molecule has 0 atom stereocenters. The SMILES string of the molecule is c1cc(-c2cccc3ccccc23)cc(-c2c3ccccc3c(-c3cc4c(c5ccccc35)C3(c5ccccc5-c5ccccc53)c3c-4c4ccccc4c4ccccc34)c3ccccc23)c1. The lowest BCUT2D eigenvalue weighted by atomic mass is 9.68. The van der Waals surface area contributed by atoms with Gasteiger partial charge in [0.15, 0.2) is 0 Å². The third-order valence-electron chi connectivity index (χ3n) is 15.4. The van der Waals surface area contributed by atoms with E-state index in [0.717, 1.165) is 0 Å². The molecule has 1 spiro atoms. The Balaban J connectivity index is 1.09. The summed E-state index contributed by atoms with van der Waals surface area (Å²) in [6.07, 6.45) is 0. The van der Waals surface area contributed by atoms with E-state index in [4.69, 9.17) is 0 Å². The van der Waals surface area contributed by atoms with Crippen LogP contribution < -0.4 is 0 Å². The van der Waals surface area contributed by atoms with Gasteiger partial charge in [-0.05, 0) is 155 Å². The van der Waals surface area contributed by atoms with Gasteiger partial charge in [0.1, 0.15) is 0 Å². The Bertz CT molecular complexity index is 4170. The Morgan fingerprint density at radius 1 is 0.209 bits per heavy atom. The van der Waals surface area contributed by atoms with Crippen LogP contribution >= 0.6 is 0 Å². The molecule has 13 aromatic rings. The van der Waals surface area contributed by atoms with E-state index < -0.39 is 5.41 Å². The molecule has 0 heterocycles. The van der Waals surface area contributed by atoms with Crippen LogP contribution in [0.2, 0.25) is 0 Å².